The van der Waals surface area contributed by atoms with E-state index in [1.54, 1.807) is 0 Å². The first-order chi connectivity index (χ1) is 3.13. The summed E-state index contributed by atoms with van der Waals surface area (Å²) in [5.74, 6) is -2.00. The molecule has 0 heterocycles. The molecule has 0 saturated heterocycles. The first kappa shape index (κ1) is 17.3. The summed E-state index contributed by atoms with van der Waals surface area (Å²) in [5, 5.41) is 7.78. The van der Waals surface area contributed by atoms with Crippen LogP contribution in [0.5, 0.6) is 0 Å². The van der Waals surface area contributed by atoms with Crippen molar-refractivity contribution in [1.29, 1.82) is 0 Å². The van der Waals surface area contributed by atoms with E-state index in [2.05, 4.69) is 5.73 Å². The van der Waals surface area contributed by atoms with E-state index >= 15 is 0 Å². The Hall–Kier alpha value is 2.21. The molecule has 0 bridgehead atoms. The molecule has 0 saturated carbocycles. The minimum atomic E-state index is -1.19. The molecule has 4 nitrogen and oxygen atoms in total. The van der Waals surface area contributed by atoms with Crippen LogP contribution in [0.15, 0.2) is 0 Å². The van der Waals surface area contributed by atoms with E-state index in [-0.39, 0.29) is 103 Å². The predicted octanol–water partition coefficient (Wildman–Crippen LogP) is -2.35. The summed E-state index contributed by atoms with van der Waals surface area (Å²) in [6.07, 6.45) is -0.583. The molecule has 0 aliphatic rings. The van der Waals surface area contributed by atoms with Crippen LogP contribution >= 0.6 is 0 Å². The summed E-state index contributed by atoms with van der Waals surface area (Å²) < 4.78 is 0. The van der Waals surface area contributed by atoms with Gasteiger partial charge in [0.05, 0.1) is 0 Å². The standard InChI is InChI=1S/C3H5NO3.2K.2H/c4-2(5)1-3(6)7;;;;/h1H2,(H2,4,5)(H,6,7);;;;. The monoisotopic (exact) mass is 183 g/mol. The SMILES string of the molecule is NC(=O)CC(=O)O.[KH].[KH]. The molecule has 0 rings (SSSR count). The van der Waals surface area contributed by atoms with Gasteiger partial charge < -0.3 is 10.8 Å². The van der Waals surface area contributed by atoms with Crippen LogP contribution in [-0.2, 0) is 9.59 Å². The number of nitrogens with two attached hydrogens (primary N) is 1. The van der Waals surface area contributed by atoms with Crippen LogP contribution in [0.25, 0.3) is 0 Å². The second-order valence-corrected chi connectivity index (χ2v) is 1.04. The molecular weight excluding hydrogens is 176 g/mol. The summed E-state index contributed by atoms with van der Waals surface area (Å²) in [4.78, 5) is 19.2. The first-order valence-corrected chi connectivity index (χ1v) is 1.63. The molecule has 0 fully saturated rings. The molecule has 3 N–H and O–H groups in total. The molecule has 1 amide bonds. The maximum atomic E-state index is 9.65. The van der Waals surface area contributed by atoms with E-state index in [4.69, 9.17) is 5.11 Å². The molecule has 0 unspecified atom stereocenters. The van der Waals surface area contributed by atoms with Gasteiger partial charge in [-0.15, -0.1) is 0 Å². The van der Waals surface area contributed by atoms with Crippen molar-refractivity contribution in [2.24, 2.45) is 5.73 Å². The number of amides is 1. The van der Waals surface area contributed by atoms with Crippen molar-refractivity contribution < 1.29 is 14.7 Å². The van der Waals surface area contributed by atoms with Crippen LogP contribution < -0.4 is 5.73 Å². The zero-order valence-corrected chi connectivity index (χ0v) is 3.55. The summed E-state index contributed by atoms with van der Waals surface area (Å²) in [5.41, 5.74) is 4.47. The fourth-order valence-electron chi connectivity index (χ4n) is 0.149. The van der Waals surface area contributed by atoms with Gasteiger partial charge >= 0.3 is 109 Å². The number of aliphatic carboxylic acids is 1. The normalized spacial score (nSPS) is 6.22. The molecule has 0 aromatic rings. The molecule has 44 valence electrons. The van der Waals surface area contributed by atoms with Crippen molar-refractivity contribution >= 4 is 115 Å². The van der Waals surface area contributed by atoms with Crippen molar-refractivity contribution in [3.63, 3.8) is 0 Å². The number of primary amides is 1. The predicted molar refractivity (Wildman–Crippen MR) is 35.7 cm³/mol. The quantitative estimate of drug-likeness (QED) is 0.371. The Bertz CT molecular complexity index is 93.2. The van der Waals surface area contributed by atoms with Gasteiger partial charge in [-0.05, 0) is 0 Å². The third-order valence-electron chi connectivity index (χ3n) is 0.325. The van der Waals surface area contributed by atoms with Crippen LogP contribution in [0, 0.1) is 0 Å². The zero-order valence-electron chi connectivity index (χ0n) is 3.55. The van der Waals surface area contributed by atoms with Gasteiger partial charge in [-0.1, -0.05) is 0 Å². The number of hydrogen-bond acceptors (Lipinski definition) is 2. The van der Waals surface area contributed by atoms with E-state index in [1.165, 1.54) is 0 Å². The van der Waals surface area contributed by atoms with Gasteiger partial charge in [0.15, 0.2) is 0 Å². The Morgan fingerprint density at radius 2 is 1.67 bits per heavy atom. The Morgan fingerprint density at radius 1 is 1.33 bits per heavy atom. The van der Waals surface area contributed by atoms with Crippen molar-refractivity contribution in [1.82, 2.24) is 0 Å². The summed E-state index contributed by atoms with van der Waals surface area (Å²) in [6, 6.07) is 0. The second kappa shape index (κ2) is 10.2. The number of carbonyl (C=O) groups excluding carboxylic acids is 1. The van der Waals surface area contributed by atoms with E-state index in [9.17, 15) is 9.59 Å². The van der Waals surface area contributed by atoms with Crippen LogP contribution in [0.2, 0.25) is 0 Å². The number of carboxylic acids is 1. The van der Waals surface area contributed by atoms with Crippen LogP contribution in [-0.4, -0.2) is 120 Å². The van der Waals surface area contributed by atoms with E-state index in [0.29, 0.717) is 0 Å². The average molecular weight is 183 g/mol. The summed E-state index contributed by atoms with van der Waals surface area (Å²) in [6.45, 7) is 0. The first-order valence-electron chi connectivity index (χ1n) is 1.63. The molecular formula is C3H7K2NO3. The molecule has 0 atom stereocenters. The van der Waals surface area contributed by atoms with Gasteiger partial charge in [0.1, 0.15) is 6.42 Å². The van der Waals surface area contributed by atoms with Gasteiger partial charge in [-0.25, -0.2) is 0 Å². The minimum absolute atomic E-state index is 0. The van der Waals surface area contributed by atoms with Gasteiger partial charge in [0, 0.05) is 0 Å². The third-order valence-corrected chi connectivity index (χ3v) is 0.325. The molecule has 0 aliphatic carbocycles. The van der Waals surface area contributed by atoms with Crippen LogP contribution in [0.4, 0.5) is 0 Å². The molecule has 6 heteroatoms. The average Bonchev–Trinajstić information content (AvgIpc) is 1.27. The molecule has 0 aromatic carbocycles. The Labute approximate surface area is 138 Å². The van der Waals surface area contributed by atoms with Gasteiger partial charge in [0.2, 0.25) is 5.91 Å². The Kier molecular flexibility index (Phi) is 19.7. The number of hydrogen-bond donors (Lipinski definition) is 2. The van der Waals surface area contributed by atoms with E-state index in [0.717, 1.165) is 0 Å². The molecule has 0 aromatic heterocycles. The summed E-state index contributed by atoms with van der Waals surface area (Å²) in [7, 11) is 0. The van der Waals surface area contributed by atoms with E-state index in [1.807, 2.05) is 0 Å². The zero-order chi connectivity index (χ0) is 5.86. The van der Waals surface area contributed by atoms with Gasteiger partial charge in [-0.3, -0.25) is 9.59 Å². The third kappa shape index (κ3) is 17.8. The number of carbonyl (C=O) groups is 2. The maximum absolute atomic E-state index is 9.65. The fraction of sp³-hybridized carbons (Fsp3) is 0.333. The number of rotatable bonds is 2. The van der Waals surface area contributed by atoms with Gasteiger partial charge in [0.25, 0.3) is 0 Å². The van der Waals surface area contributed by atoms with Crippen molar-refractivity contribution in [3.05, 3.63) is 0 Å². The second-order valence-electron chi connectivity index (χ2n) is 1.04. The van der Waals surface area contributed by atoms with Crippen molar-refractivity contribution in [2.45, 2.75) is 6.42 Å². The fourth-order valence-corrected chi connectivity index (χ4v) is 0.149. The molecule has 9 heavy (non-hydrogen) atoms. The van der Waals surface area contributed by atoms with Crippen molar-refractivity contribution in [3.8, 4) is 0 Å². The van der Waals surface area contributed by atoms with Crippen molar-refractivity contribution in [2.75, 3.05) is 0 Å². The molecule has 0 radical (unpaired) electrons. The Balaban J connectivity index is -0.000000180. The molecule has 0 aliphatic heterocycles. The Morgan fingerprint density at radius 3 is 1.67 bits per heavy atom. The van der Waals surface area contributed by atoms with Crippen LogP contribution in [0.3, 0.4) is 0 Å². The van der Waals surface area contributed by atoms with E-state index < -0.39 is 18.3 Å². The summed E-state index contributed by atoms with van der Waals surface area (Å²) >= 11 is 0. The number of carboxylic acid groups (broad SMARTS) is 1. The topological polar surface area (TPSA) is 80.4 Å². The van der Waals surface area contributed by atoms with Gasteiger partial charge in [-0.2, -0.15) is 0 Å². The molecule has 0 spiro atoms. The van der Waals surface area contributed by atoms with Crippen LogP contribution in [0.1, 0.15) is 6.42 Å².